The van der Waals surface area contributed by atoms with Gasteiger partial charge in [-0.05, 0) is 24.6 Å². The lowest BCUT2D eigenvalue weighted by Gasteiger charge is -2.10. The molecule has 0 saturated carbocycles. The minimum Gasteiger partial charge on any atom is -0.380 e. The zero-order valence-electron chi connectivity index (χ0n) is 8.57. The molecular formula is C10H11F4NO. The minimum atomic E-state index is -4.65. The van der Waals surface area contributed by atoms with Gasteiger partial charge in [-0.3, -0.25) is 4.74 Å². The van der Waals surface area contributed by atoms with Crippen molar-refractivity contribution in [1.82, 2.24) is 0 Å². The van der Waals surface area contributed by atoms with Crippen LogP contribution in [0.1, 0.15) is 5.56 Å². The molecule has 0 aliphatic heterocycles. The van der Waals surface area contributed by atoms with Crippen molar-refractivity contribution >= 4 is 5.69 Å². The molecule has 2 nitrogen and oxygen atoms in total. The molecule has 0 unspecified atom stereocenters. The molecular weight excluding hydrogens is 226 g/mol. The summed E-state index contributed by atoms with van der Waals surface area (Å²) in [5.41, 5.74) is 0.908. The third-order valence-corrected chi connectivity index (χ3v) is 1.81. The second-order valence-corrected chi connectivity index (χ2v) is 3.20. The number of benzene rings is 1. The van der Waals surface area contributed by atoms with Crippen LogP contribution in [-0.4, -0.2) is 19.5 Å². The first kappa shape index (κ1) is 12.8. The van der Waals surface area contributed by atoms with Crippen LogP contribution in [0.2, 0.25) is 0 Å². The molecule has 0 heterocycles. The summed E-state index contributed by atoms with van der Waals surface area (Å²) in [4.78, 5) is 0. The lowest BCUT2D eigenvalue weighted by atomic mass is 10.2. The number of hydrogen-bond donors (Lipinski definition) is 1. The number of alkyl halides is 3. The second-order valence-electron chi connectivity index (χ2n) is 3.20. The number of rotatable bonds is 4. The summed E-state index contributed by atoms with van der Waals surface area (Å²) in [6.07, 6.45) is -4.65. The Morgan fingerprint density at radius 1 is 1.31 bits per heavy atom. The van der Waals surface area contributed by atoms with Crippen LogP contribution < -0.4 is 5.32 Å². The Hall–Kier alpha value is -1.30. The van der Waals surface area contributed by atoms with Crippen LogP contribution in [0.3, 0.4) is 0 Å². The molecule has 90 valence electrons. The van der Waals surface area contributed by atoms with E-state index in [9.17, 15) is 17.6 Å². The summed E-state index contributed by atoms with van der Waals surface area (Å²) in [6.45, 7) is 1.05. The summed E-state index contributed by atoms with van der Waals surface area (Å²) < 4.78 is 51.5. The van der Waals surface area contributed by atoms with Crippen LogP contribution in [0.15, 0.2) is 18.2 Å². The lowest BCUT2D eigenvalue weighted by Crippen LogP contribution is -2.19. The van der Waals surface area contributed by atoms with Gasteiger partial charge in [-0.25, -0.2) is 4.39 Å². The number of ether oxygens (including phenoxy) is 1. The first-order valence-electron chi connectivity index (χ1n) is 4.59. The van der Waals surface area contributed by atoms with Crippen molar-refractivity contribution in [3.63, 3.8) is 0 Å². The highest BCUT2D eigenvalue weighted by atomic mass is 19.4. The molecule has 0 spiro atoms. The van der Waals surface area contributed by atoms with E-state index in [4.69, 9.17) is 0 Å². The lowest BCUT2D eigenvalue weighted by molar-refractivity contribution is -0.322. The predicted molar refractivity (Wildman–Crippen MR) is 51.6 cm³/mol. The average molecular weight is 237 g/mol. The van der Waals surface area contributed by atoms with Gasteiger partial charge in [0.25, 0.3) is 0 Å². The Bertz CT molecular complexity index is 351. The van der Waals surface area contributed by atoms with E-state index in [2.05, 4.69) is 10.1 Å². The van der Waals surface area contributed by atoms with Gasteiger partial charge in [-0.15, -0.1) is 13.2 Å². The van der Waals surface area contributed by atoms with E-state index in [0.29, 0.717) is 0 Å². The number of halogens is 4. The number of anilines is 1. The van der Waals surface area contributed by atoms with Crippen molar-refractivity contribution in [1.29, 1.82) is 0 Å². The van der Waals surface area contributed by atoms with Crippen LogP contribution in [-0.2, 0) is 4.74 Å². The summed E-state index contributed by atoms with van der Waals surface area (Å²) >= 11 is 0. The molecule has 0 saturated heterocycles. The van der Waals surface area contributed by atoms with Gasteiger partial charge in [0.15, 0.2) is 0 Å². The van der Waals surface area contributed by atoms with E-state index in [1.165, 1.54) is 12.1 Å². The molecule has 0 fully saturated rings. The SMILES string of the molecule is Cc1ccc(NCCOC(F)(F)F)c(F)c1. The first-order valence-corrected chi connectivity index (χ1v) is 4.59. The smallest absolute Gasteiger partial charge is 0.380 e. The maximum Gasteiger partial charge on any atom is 0.522 e. The summed E-state index contributed by atoms with van der Waals surface area (Å²) in [6, 6.07) is 4.43. The highest BCUT2D eigenvalue weighted by molar-refractivity contribution is 5.45. The number of hydrogen-bond acceptors (Lipinski definition) is 2. The van der Waals surface area contributed by atoms with Gasteiger partial charge in [0, 0.05) is 6.54 Å². The van der Waals surface area contributed by atoms with Crippen molar-refractivity contribution in [2.24, 2.45) is 0 Å². The number of nitrogens with one attached hydrogen (secondary N) is 1. The molecule has 0 aromatic heterocycles. The van der Waals surface area contributed by atoms with Crippen molar-refractivity contribution in [3.8, 4) is 0 Å². The molecule has 0 radical (unpaired) electrons. The van der Waals surface area contributed by atoms with Gasteiger partial charge >= 0.3 is 6.36 Å². The monoisotopic (exact) mass is 237 g/mol. The van der Waals surface area contributed by atoms with E-state index < -0.39 is 18.8 Å². The average Bonchev–Trinajstić information content (AvgIpc) is 2.13. The van der Waals surface area contributed by atoms with E-state index >= 15 is 0 Å². The summed E-state index contributed by atoms with van der Waals surface area (Å²) in [5, 5.41) is 2.51. The van der Waals surface area contributed by atoms with E-state index in [-0.39, 0.29) is 12.2 Å². The van der Waals surface area contributed by atoms with Crippen molar-refractivity contribution in [2.45, 2.75) is 13.3 Å². The fourth-order valence-corrected chi connectivity index (χ4v) is 1.12. The van der Waals surface area contributed by atoms with Crippen molar-refractivity contribution in [3.05, 3.63) is 29.6 Å². The fourth-order valence-electron chi connectivity index (χ4n) is 1.12. The topological polar surface area (TPSA) is 21.3 Å². The third kappa shape index (κ3) is 4.48. The highest BCUT2D eigenvalue weighted by Crippen LogP contribution is 2.17. The van der Waals surface area contributed by atoms with E-state index in [1.807, 2.05) is 0 Å². The van der Waals surface area contributed by atoms with Crippen LogP contribution in [0.5, 0.6) is 0 Å². The molecule has 1 aromatic rings. The van der Waals surface area contributed by atoms with Gasteiger partial charge in [0.05, 0.1) is 12.3 Å². The Balaban J connectivity index is 2.38. The molecule has 1 rings (SSSR count). The normalized spacial score (nSPS) is 11.6. The summed E-state index contributed by atoms with van der Waals surface area (Å²) in [5.74, 6) is -0.494. The van der Waals surface area contributed by atoms with E-state index in [0.717, 1.165) is 5.56 Å². The zero-order valence-corrected chi connectivity index (χ0v) is 8.57. The van der Waals surface area contributed by atoms with Crippen molar-refractivity contribution in [2.75, 3.05) is 18.5 Å². The first-order chi connectivity index (χ1) is 7.38. The molecule has 0 bridgehead atoms. The molecule has 0 amide bonds. The van der Waals surface area contributed by atoms with Gasteiger partial charge in [-0.2, -0.15) is 0 Å². The Kier molecular flexibility index (Phi) is 4.12. The van der Waals surface area contributed by atoms with Crippen LogP contribution in [0.4, 0.5) is 23.2 Å². The van der Waals surface area contributed by atoms with Crippen LogP contribution in [0, 0.1) is 12.7 Å². The second kappa shape index (κ2) is 5.16. The zero-order chi connectivity index (χ0) is 12.2. The standard InChI is InChI=1S/C10H11F4NO/c1-7-2-3-9(8(11)6-7)15-4-5-16-10(12,13)14/h2-3,6,15H,4-5H2,1H3. The fraction of sp³-hybridized carbons (Fsp3) is 0.400. The molecule has 0 atom stereocenters. The largest absolute Gasteiger partial charge is 0.522 e. The minimum absolute atomic E-state index is 0.112. The molecule has 1 aromatic carbocycles. The molecule has 0 aliphatic rings. The number of aryl methyl sites for hydroxylation is 1. The molecule has 6 heteroatoms. The van der Waals surface area contributed by atoms with Gasteiger partial charge in [-0.1, -0.05) is 6.07 Å². The maximum atomic E-state index is 13.2. The van der Waals surface area contributed by atoms with Gasteiger partial charge in [0.2, 0.25) is 0 Å². The maximum absolute atomic E-state index is 13.2. The quantitative estimate of drug-likeness (QED) is 0.641. The van der Waals surface area contributed by atoms with Crippen molar-refractivity contribution < 1.29 is 22.3 Å². The Labute approximate surface area is 90.2 Å². The molecule has 16 heavy (non-hydrogen) atoms. The predicted octanol–water partition coefficient (Wildman–Crippen LogP) is 3.08. The Morgan fingerprint density at radius 3 is 2.56 bits per heavy atom. The van der Waals surface area contributed by atoms with Gasteiger partial charge in [0.1, 0.15) is 5.82 Å². The van der Waals surface area contributed by atoms with Crippen LogP contribution >= 0.6 is 0 Å². The third-order valence-electron chi connectivity index (χ3n) is 1.81. The van der Waals surface area contributed by atoms with Gasteiger partial charge < -0.3 is 5.32 Å². The molecule has 1 N–H and O–H groups in total. The Morgan fingerprint density at radius 2 is 2.00 bits per heavy atom. The molecule has 0 aliphatic carbocycles. The summed E-state index contributed by atoms with van der Waals surface area (Å²) in [7, 11) is 0. The van der Waals surface area contributed by atoms with E-state index in [1.54, 1.807) is 13.0 Å². The highest BCUT2D eigenvalue weighted by Gasteiger charge is 2.28. The van der Waals surface area contributed by atoms with Crippen LogP contribution in [0.25, 0.3) is 0 Å².